The summed E-state index contributed by atoms with van der Waals surface area (Å²) >= 11 is 0. The van der Waals surface area contributed by atoms with Crippen LogP contribution in [-0.4, -0.2) is 7.11 Å². The van der Waals surface area contributed by atoms with Crippen molar-refractivity contribution in [3.63, 3.8) is 0 Å². The molecule has 14 heavy (non-hydrogen) atoms. The van der Waals surface area contributed by atoms with Crippen LogP contribution in [0.15, 0.2) is 18.2 Å². The Labute approximate surface area is 97.7 Å². The topological polar surface area (TPSA) is 9.23 Å². The highest BCUT2D eigenvalue weighted by Gasteiger charge is 2.08. The van der Waals surface area contributed by atoms with Gasteiger partial charge in [-0.15, -0.1) is 24.8 Å². The first kappa shape index (κ1) is 13.6. The Morgan fingerprint density at radius 2 is 1.64 bits per heavy atom. The van der Waals surface area contributed by atoms with Crippen molar-refractivity contribution in [1.29, 1.82) is 0 Å². The van der Waals surface area contributed by atoms with Crippen LogP contribution in [-0.2, 0) is 12.8 Å². The van der Waals surface area contributed by atoms with Gasteiger partial charge in [0.25, 0.3) is 0 Å². The first-order valence-electron chi connectivity index (χ1n) is 4.56. The Bertz CT molecular complexity index is 287. The maximum Gasteiger partial charge on any atom is 0.119 e. The second kappa shape index (κ2) is 6.15. The van der Waals surface area contributed by atoms with Crippen LogP contribution in [0.2, 0.25) is 0 Å². The molecule has 0 radical (unpaired) electrons. The number of halogens is 2. The Kier molecular flexibility index (Phi) is 5.98. The zero-order chi connectivity index (χ0) is 8.39. The molecule has 0 fully saturated rings. The van der Waals surface area contributed by atoms with E-state index >= 15 is 0 Å². The molecular weight excluding hydrogens is 219 g/mol. The van der Waals surface area contributed by atoms with Gasteiger partial charge in [0, 0.05) is 0 Å². The smallest absolute Gasteiger partial charge is 0.119 e. The minimum absolute atomic E-state index is 0. The van der Waals surface area contributed by atoms with Gasteiger partial charge >= 0.3 is 0 Å². The Morgan fingerprint density at radius 1 is 1.00 bits per heavy atom. The molecule has 1 nitrogen and oxygen atoms in total. The largest absolute Gasteiger partial charge is 0.497 e. The van der Waals surface area contributed by atoms with E-state index in [-0.39, 0.29) is 24.8 Å². The zero-order valence-corrected chi connectivity index (χ0v) is 9.92. The summed E-state index contributed by atoms with van der Waals surface area (Å²) in [5.74, 6) is 0.996. The average Bonchev–Trinajstić information content (AvgIpc) is 2.17. The van der Waals surface area contributed by atoms with Crippen LogP contribution in [0.4, 0.5) is 0 Å². The van der Waals surface area contributed by atoms with Crippen molar-refractivity contribution in [2.24, 2.45) is 0 Å². The van der Waals surface area contributed by atoms with Gasteiger partial charge in [-0.2, -0.15) is 0 Å². The first-order chi connectivity index (χ1) is 5.90. The number of hydrogen-bond donors (Lipinski definition) is 0. The fourth-order valence-electron chi connectivity index (χ4n) is 1.84. The van der Waals surface area contributed by atoms with Gasteiger partial charge in [0.15, 0.2) is 0 Å². The molecule has 0 aliphatic heterocycles. The van der Waals surface area contributed by atoms with Crippen molar-refractivity contribution < 1.29 is 4.74 Å². The number of rotatable bonds is 1. The molecule has 0 saturated carbocycles. The van der Waals surface area contributed by atoms with Crippen molar-refractivity contribution in [3.05, 3.63) is 29.3 Å². The predicted molar refractivity (Wildman–Crippen MR) is 64.1 cm³/mol. The van der Waals surface area contributed by atoms with Gasteiger partial charge in [-0.25, -0.2) is 0 Å². The number of methoxy groups -OCH3 is 1. The van der Waals surface area contributed by atoms with Crippen molar-refractivity contribution in [3.8, 4) is 5.75 Å². The van der Waals surface area contributed by atoms with Crippen LogP contribution in [0, 0.1) is 0 Å². The van der Waals surface area contributed by atoms with E-state index in [4.69, 9.17) is 4.74 Å². The lowest BCUT2D eigenvalue weighted by Gasteiger charge is -2.15. The third kappa shape index (κ3) is 2.79. The lowest BCUT2D eigenvalue weighted by molar-refractivity contribution is 0.413. The quantitative estimate of drug-likeness (QED) is 0.724. The van der Waals surface area contributed by atoms with Gasteiger partial charge in [0.05, 0.1) is 7.11 Å². The maximum absolute atomic E-state index is 5.18. The molecule has 1 aliphatic carbocycles. The second-order valence-electron chi connectivity index (χ2n) is 3.34. The maximum atomic E-state index is 5.18. The number of benzene rings is 1. The molecule has 0 N–H and O–H groups in total. The van der Waals surface area contributed by atoms with E-state index in [0.29, 0.717) is 0 Å². The first-order valence-corrected chi connectivity index (χ1v) is 4.56. The van der Waals surface area contributed by atoms with E-state index in [9.17, 15) is 0 Å². The third-order valence-electron chi connectivity index (χ3n) is 2.56. The lowest BCUT2D eigenvalue weighted by Crippen LogP contribution is -2.02. The predicted octanol–water partition coefficient (Wildman–Crippen LogP) is 3.42. The molecule has 0 heterocycles. The number of ether oxygens (including phenoxy) is 1. The summed E-state index contributed by atoms with van der Waals surface area (Å²) in [5.41, 5.74) is 3.00. The van der Waals surface area contributed by atoms with Gasteiger partial charge < -0.3 is 4.74 Å². The minimum atomic E-state index is 0. The van der Waals surface area contributed by atoms with E-state index < -0.39 is 0 Å². The van der Waals surface area contributed by atoms with E-state index in [0.717, 1.165) is 5.75 Å². The van der Waals surface area contributed by atoms with Crippen molar-refractivity contribution >= 4 is 24.8 Å². The second-order valence-corrected chi connectivity index (χ2v) is 3.34. The summed E-state index contributed by atoms with van der Waals surface area (Å²) in [6.45, 7) is 0. The van der Waals surface area contributed by atoms with E-state index in [1.165, 1.54) is 36.8 Å². The molecule has 2 rings (SSSR count). The average molecular weight is 235 g/mol. The summed E-state index contributed by atoms with van der Waals surface area (Å²) in [4.78, 5) is 0. The van der Waals surface area contributed by atoms with Gasteiger partial charge in [-0.1, -0.05) is 6.07 Å². The molecule has 0 unspecified atom stereocenters. The van der Waals surface area contributed by atoms with E-state index in [1.807, 2.05) is 0 Å². The number of hydrogen-bond acceptors (Lipinski definition) is 1. The Balaban J connectivity index is 0.000000845. The van der Waals surface area contributed by atoms with Crippen LogP contribution in [0.5, 0.6) is 5.75 Å². The highest BCUT2D eigenvalue weighted by molar-refractivity contribution is 5.85. The van der Waals surface area contributed by atoms with Crippen LogP contribution in [0.1, 0.15) is 24.0 Å². The molecule has 3 heteroatoms. The third-order valence-corrected chi connectivity index (χ3v) is 2.56. The van der Waals surface area contributed by atoms with E-state index in [1.54, 1.807) is 7.11 Å². The molecule has 80 valence electrons. The fourth-order valence-corrected chi connectivity index (χ4v) is 1.84. The lowest BCUT2D eigenvalue weighted by atomic mass is 9.92. The normalized spacial score (nSPS) is 13.2. The van der Waals surface area contributed by atoms with E-state index in [2.05, 4.69) is 18.2 Å². The molecule has 0 amide bonds. The van der Waals surface area contributed by atoms with Gasteiger partial charge in [0.2, 0.25) is 0 Å². The highest BCUT2D eigenvalue weighted by atomic mass is 35.5. The minimum Gasteiger partial charge on any atom is -0.497 e. The Morgan fingerprint density at radius 3 is 2.29 bits per heavy atom. The van der Waals surface area contributed by atoms with Gasteiger partial charge in [0.1, 0.15) is 5.75 Å². The van der Waals surface area contributed by atoms with Crippen molar-refractivity contribution in [1.82, 2.24) is 0 Å². The van der Waals surface area contributed by atoms with Crippen LogP contribution < -0.4 is 4.74 Å². The monoisotopic (exact) mass is 234 g/mol. The molecule has 0 atom stereocenters. The summed E-state index contributed by atoms with van der Waals surface area (Å²) in [6, 6.07) is 6.44. The fraction of sp³-hybridized carbons (Fsp3) is 0.455. The summed E-state index contributed by atoms with van der Waals surface area (Å²) in [7, 11) is 1.73. The van der Waals surface area contributed by atoms with Crippen molar-refractivity contribution in [2.45, 2.75) is 25.7 Å². The Hall–Kier alpha value is -0.400. The summed E-state index contributed by atoms with van der Waals surface area (Å²) in [5, 5.41) is 0. The van der Waals surface area contributed by atoms with Crippen LogP contribution in [0.25, 0.3) is 0 Å². The zero-order valence-electron chi connectivity index (χ0n) is 8.29. The SMILES string of the molecule is COc1ccc2c(c1)CCCC2.Cl.Cl. The standard InChI is InChI=1S/C11H14O.2ClH/c1-12-11-7-6-9-4-2-3-5-10(9)8-11;;/h6-8H,2-5H2,1H3;2*1H. The molecular formula is C11H16Cl2O. The van der Waals surface area contributed by atoms with Crippen molar-refractivity contribution in [2.75, 3.05) is 7.11 Å². The van der Waals surface area contributed by atoms with Gasteiger partial charge in [-0.05, 0) is 48.9 Å². The highest BCUT2D eigenvalue weighted by Crippen LogP contribution is 2.24. The molecule has 0 spiro atoms. The number of aryl methyl sites for hydroxylation is 2. The molecule has 1 aliphatic rings. The molecule has 0 saturated heterocycles. The molecule has 1 aromatic rings. The summed E-state index contributed by atoms with van der Waals surface area (Å²) < 4.78 is 5.18. The molecule has 1 aromatic carbocycles. The molecule has 0 bridgehead atoms. The molecule has 0 aromatic heterocycles. The van der Waals surface area contributed by atoms with Crippen LogP contribution in [0.3, 0.4) is 0 Å². The van der Waals surface area contributed by atoms with Gasteiger partial charge in [-0.3, -0.25) is 0 Å². The number of fused-ring (bicyclic) bond motifs is 1. The summed E-state index contributed by atoms with van der Waals surface area (Å²) in [6.07, 6.45) is 5.16. The van der Waals surface area contributed by atoms with Crippen LogP contribution >= 0.6 is 24.8 Å².